The van der Waals surface area contributed by atoms with Crippen molar-refractivity contribution in [2.24, 2.45) is 11.8 Å². The lowest BCUT2D eigenvalue weighted by Crippen LogP contribution is -2.42. The molecule has 0 radical (unpaired) electrons. The zero-order chi connectivity index (χ0) is 15.2. The first-order valence-electron chi connectivity index (χ1n) is 7.85. The van der Waals surface area contributed by atoms with Gasteiger partial charge in [0.05, 0.1) is 12.5 Å². The third-order valence-electron chi connectivity index (χ3n) is 4.54. The molecule has 1 aliphatic carbocycles. The lowest BCUT2D eigenvalue weighted by Gasteiger charge is -2.21. The molecule has 0 spiro atoms. The van der Waals surface area contributed by atoms with Gasteiger partial charge in [0.15, 0.2) is 0 Å². The molecule has 2 N–H and O–H groups in total. The Morgan fingerprint density at radius 1 is 1.19 bits per heavy atom. The zero-order valence-corrected chi connectivity index (χ0v) is 12.3. The highest BCUT2D eigenvalue weighted by Crippen LogP contribution is 2.31. The van der Waals surface area contributed by atoms with Gasteiger partial charge in [0.25, 0.3) is 0 Å². The van der Waals surface area contributed by atoms with Gasteiger partial charge in [0.2, 0.25) is 11.8 Å². The number of carbonyl (C=O) groups excluding carboxylic acids is 2. The molecule has 2 aliphatic rings. The number of hydrogen-bond donors (Lipinski definition) is 2. The standard InChI is InChI=1S/C15H24N2O4/c18-13(10-17-8-3-1-2-7-14(17)19)16-9-11-5-4-6-12(11)15(20)21/h11-12H,1-10H2,(H,16,18)(H,20,21). The summed E-state index contributed by atoms with van der Waals surface area (Å²) >= 11 is 0. The molecule has 21 heavy (non-hydrogen) atoms. The number of carbonyl (C=O) groups is 3. The second-order valence-corrected chi connectivity index (χ2v) is 6.07. The van der Waals surface area contributed by atoms with Gasteiger partial charge in [0.1, 0.15) is 0 Å². The van der Waals surface area contributed by atoms with Crippen molar-refractivity contribution in [3.8, 4) is 0 Å². The third-order valence-corrected chi connectivity index (χ3v) is 4.54. The molecular formula is C15H24N2O4. The van der Waals surface area contributed by atoms with Crippen molar-refractivity contribution in [2.45, 2.75) is 44.9 Å². The van der Waals surface area contributed by atoms with Crippen LogP contribution in [0.15, 0.2) is 0 Å². The average Bonchev–Trinajstić information content (AvgIpc) is 2.83. The average molecular weight is 296 g/mol. The quantitative estimate of drug-likeness (QED) is 0.792. The van der Waals surface area contributed by atoms with Crippen LogP contribution in [0.4, 0.5) is 0 Å². The highest BCUT2D eigenvalue weighted by atomic mass is 16.4. The number of rotatable bonds is 5. The topological polar surface area (TPSA) is 86.7 Å². The van der Waals surface area contributed by atoms with Crippen molar-refractivity contribution in [1.82, 2.24) is 10.2 Å². The summed E-state index contributed by atoms with van der Waals surface area (Å²) in [5, 5.41) is 11.9. The van der Waals surface area contributed by atoms with E-state index in [0.717, 1.165) is 32.1 Å². The van der Waals surface area contributed by atoms with E-state index in [4.69, 9.17) is 5.11 Å². The summed E-state index contributed by atoms with van der Waals surface area (Å²) in [5.74, 6) is -1.22. The van der Waals surface area contributed by atoms with Crippen LogP contribution >= 0.6 is 0 Å². The fourth-order valence-corrected chi connectivity index (χ4v) is 3.29. The Hall–Kier alpha value is -1.59. The Morgan fingerprint density at radius 2 is 2.00 bits per heavy atom. The molecule has 0 aromatic heterocycles. The van der Waals surface area contributed by atoms with Crippen LogP contribution in [-0.4, -0.2) is 47.4 Å². The molecule has 0 bridgehead atoms. The van der Waals surface area contributed by atoms with Gasteiger partial charge in [-0.15, -0.1) is 0 Å². The van der Waals surface area contributed by atoms with Gasteiger partial charge < -0.3 is 15.3 Å². The molecule has 2 fully saturated rings. The number of amides is 2. The minimum absolute atomic E-state index is 0.0197. The van der Waals surface area contributed by atoms with Crippen molar-refractivity contribution < 1.29 is 19.5 Å². The number of carboxylic acids is 1. The highest BCUT2D eigenvalue weighted by molar-refractivity contribution is 5.84. The minimum atomic E-state index is -0.769. The summed E-state index contributed by atoms with van der Waals surface area (Å²) < 4.78 is 0. The molecule has 1 saturated heterocycles. The maximum absolute atomic E-state index is 11.9. The fraction of sp³-hybridized carbons (Fsp3) is 0.800. The zero-order valence-electron chi connectivity index (χ0n) is 12.3. The molecule has 2 unspecified atom stereocenters. The van der Waals surface area contributed by atoms with Crippen molar-refractivity contribution in [1.29, 1.82) is 0 Å². The SMILES string of the molecule is O=C(CN1CCCCCC1=O)NCC1CCCC1C(=O)O. The molecule has 1 saturated carbocycles. The first-order valence-corrected chi connectivity index (χ1v) is 7.85. The van der Waals surface area contributed by atoms with Crippen LogP contribution < -0.4 is 5.32 Å². The normalized spacial score (nSPS) is 26.5. The molecule has 0 aromatic carbocycles. The van der Waals surface area contributed by atoms with Gasteiger partial charge in [-0.05, 0) is 31.6 Å². The van der Waals surface area contributed by atoms with E-state index in [1.54, 1.807) is 4.90 Å². The molecule has 6 nitrogen and oxygen atoms in total. The second-order valence-electron chi connectivity index (χ2n) is 6.07. The van der Waals surface area contributed by atoms with E-state index < -0.39 is 5.97 Å². The Morgan fingerprint density at radius 3 is 2.76 bits per heavy atom. The predicted molar refractivity (Wildman–Crippen MR) is 76.5 cm³/mol. The molecule has 2 amide bonds. The van der Waals surface area contributed by atoms with Gasteiger partial charge in [0, 0.05) is 19.5 Å². The van der Waals surface area contributed by atoms with E-state index in [2.05, 4.69) is 5.32 Å². The molecule has 0 aromatic rings. The predicted octanol–water partition coefficient (Wildman–Crippen LogP) is 1.01. The maximum atomic E-state index is 11.9. The lowest BCUT2D eigenvalue weighted by atomic mass is 9.96. The van der Waals surface area contributed by atoms with Crippen LogP contribution in [0.3, 0.4) is 0 Å². The number of aliphatic carboxylic acids is 1. The molecule has 6 heteroatoms. The van der Waals surface area contributed by atoms with Gasteiger partial charge in [-0.2, -0.15) is 0 Å². The molecule has 2 rings (SSSR count). The van der Waals surface area contributed by atoms with Crippen molar-refractivity contribution in [3.05, 3.63) is 0 Å². The molecule has 1 aliphatic heterocycles. The summed E-state index contributed by atoms with van der Waals surface area (Å²) in [6.07, 6.45) is 5.85. The molecule has 1 heterocycles. The van der Waals surface area contributed by atoms with E-state index in [1.165, 1.54) is 0 Å². The van der Waals surface area contributed by atoms with Gasteiger partial charge >= 0.3 is 5.97 Å². The monoisotopic (exact) mass is 296 g/mol. The summed E-state index contributed by atoms with van der Waals surface area (Å²) in [4.78, 5) is 36.5. The van der Waals surface area contributed by atoms with Crippen LogP contribution in [0.2, 0.25) is 0 Å². The number of carboxylic acid groups (broad SMARTS) is 1. The lowest BCUT2D eigenvalue weighted by molar-refractivity contribution is -0.143. The second kappa shape index (κ2) is 7.43. The Labute approximate surface area is 124 Å². The summed E-state index contributed by atoms with van der Waals surface area (Å²) in [5.41, 5.74) is 0. The molecule has 118 valence electrons. The number of nitrogens with one attached hydrogen (secondary N) is 1. The first kappa shape index (κ1) is 15.8. The summed E-state index contributed by atoms with van der Waals surface area (Å²) in [6, 6.07) is 0. The maximum Gasteiger partial charge on any atom is 0.306 e. The van der Waals surface area contributed by atoms with Gasteiger partial charge in [-0.3, -0.25) is 14.4 Å². The number of nitrogens with zero attached hydrogens (tertiary/aromatic N) is 1. The molecular weight excluding hydrogens is 272 g/mol. The number of hydrogen-bond acceptors (Lipinski definition) is 3. The van der Waals surface area contributed by atoms with Crippen LogP contribution in [0, 0.1) is 11.8 Å². The third kappa shape index (κ3) is 4.44. The Kier molecular flexibility index (Phi) is 5.59. The Bertz CT molecular complexity index is 410. The van der Waals surface area contributed by atoms with Crippen molar-refractivity contribution >= 4 is 17.8 Å². The van der Waals surface area contributed by atoms with Crippen LogP contribution in [0.1, 0.15) is 44.9 Å². The van der Waals surface area contributed by atoms with Gasteiger partial charge in [-0.25, -0.2) is 0 Å². The van der Waals surface area contributed by atoms with E-state index in [-0.39, 0.29) is 30.2 Å². The van der Waals surface area contributed by atoms with E-state index in [0.29, 0.717) is 25.9 Å². The highest BCUT2D eigenvalue weighted by Gasteiger charge is 2.33. The van der Waals surface area contributed by atoms with E-state index in [9.17, 15) is 14.4 Å². The van der Waals surface area contributed by atoms with E-state index >= 15 is 0 Å². The van der Waals surface area contributed by atoms with Crippen LogP contribution in [-0.2, 0) is 14.4 Å². The summed E-state index contributed by atoms with van der Waals surface area (Å²) in [6.45, 7) is 1.15. The fourth-order valence-electron chi connectivity index (χ4n) is 3.29. The minimum Gasteiger partial charge on any atom is -0.481 e. The van der Waals surface area contributed by atoms with Crippen LogP contribution in [0.5, 0.6) is 0 Å². The largest absolute Gasteiger partial charge is 0.481 e. The van der Waals surface area contributed by atoms with Crippen LogP contribution in [0.25, 0.3) is 0 Å². The first-order chi connectivity index (χ1) is 10.1. The van der Waals surface area contributed by atoms with Crippen molar-refractivity contribution in [2.75, 3.05) is 19.6 Å². The number of likely N-dealkylation sites (tertiary alicyclic amines) is 1. The smallest absolute Gasteiger partial charge is 0.306 e. The van der Waals surface area contributed by atoms with Crippen molar-refractivity contribution in [3.63, 3.8) is 0 Å². The van der Waals surface area contributed by atoms with E-state index in [1.807, 2.05) is 0 Å². The van der Waals surface area contributed by atoms with Gasteiger partial charge in [-0.1, -0.05) is 12.8 Å². The summed E-state index contributed by atoms with van der Waals surface area (Å²) in [7, 11) is 0. The Balaban J connectivity index is 1.76. The molecule has 2 atom stereocenters.